The van der Waals surface area contributed by atoms with Gasteiger partial charge in [-0.1, -0.05) is 49.8 Å². The van der Waals surface area contributed by atoms with Crippen LogP contribution in [0.25, 0.3) is 0 Å². The number of hydrogen-bond acceptors (Lipinski definition) is 10. The van der Waals surface area contributed by atoms with Gasteiger partial charge in [-0.15, -0.1) is 0 Å². The monoisotopic (exact) mass is 813 g/mol. The summed E-state index contributed by atoms with van der Waals surface area (Å²) in [6, 6.07) is 20.7. The molecule has 1 fully saturated rings. The van der Waals surface area contributed by atoms with Crippen LogP contribution < -0.4 is 20.1 Å². The molecule has 0 saturated carbocycles. The molecular formula is C47H47N3O10. The molecule has 60 heavy (non-hydrogen) atoms. The summed E-state index contributed by atoms with van der Waals surface area (Å²) < 4.78 is 23.2. The zero-order valence-corrected chi connectivity index (χ0v) is 33.3. The molecule has 0 bridgehead atoms. The summed E-state index contributed by atoms with van der Waals surface area (Å²) in [6.07, 6.45) is 11.0. The number of carbonyl (C=O) groups excluding carboxylic acids is 4. The molecule has 0 aromatic heterocycles. The minimum absolute atomic E-state index is 0.0359. The van der Waals surface area contributed by atoms with Crippen molar-refractivity contribution in [1.29, 1.82) is 0 Å². The van der Waals surface area contributed by atoms with Crippen LogP contribution >= 0.6 is 0 Å². The van der Waals surface area contributed by atoms with Gasteiger partial charge in [0.2, 0.25) is 5.91 Å². The van der Waals surface area contributed by atoms with Crippen LogP contribution in [0.4, 0.5) is 10.5 Å². The predicted molar refractivity (Wildman–Crippen MR) is 224 cm³/mol. The van der Waals surface area contributed by atoms with Gasteiger partial charge in [-0.05, 0) is 92.3 Å². The lowest BCUT2D eigenvalue weighted by atomic mass is 9.77. The van der Waals surface area contributed by atoms with E-state index in [1.165, 1.54) is 36.4 Å². The van der Waals surface area contributed by atoms with Crippen LogP contribution in [0.1, 0.15) is 76.4 Å². The first kappa shape index (κ1) is 41.2. The average molecular weight is 814 g/mol. The third-order valence-electron chi connectivity index (χ3n) is 10.8. The molecule has 0 aliphatic carbocycles. The molecule has 0 unspecified atom stereocenters. The molecule has 13 nitrogen and oxygen atoms in total. The lowest BCUT2D eigenvalue weighted by Gasteiger charge is -2.36. The van der Waals surface area contributed by atoms with Crippen molar-refractivity contribution < 1.29 is 48.3 Å². The van der Waals surface area contributed by atoms with Gasteiger partial charge in [0.1, 0.15) is 42.0 Å². The van der Waals surface area contributed by atoms with E-state index >= 15 is 0 Å². The van der Waals surface area contributed by atoms with Crippen molar-refractivity contribution in [2.45, 2.75) is 44.6 Å². The number of anilines is 1. The molecule has 3 aliphatic heterocycles. The minimum atomic E-state index is -1.42. The minimum Gasteiger partial charge on any atom is -0.508 e. The first-order valence-corrected chi connectivity index (χ1v) is 20.0. The molecule has 0 atom stereocenters. The summed E-state index contributed by atoms with van der Waals surface area (Å²) >= 11 is 0. The molecule has 4 aromatic rings. The largest absolute Gasteiger partial charge is 0.508 e. The van der Waals surface area contributed by atoms with E-state index in [2.05, 4.69) is 17.2 Å². The van der Waals surface area contributed by atoms with Crippen molar-refractivity contribution in [1.82, 2.24) is 10.2 Å². The third-order valence-corrected chi connectivity index (χ3v) is 10.8. The van der Waals surface area contributed by atoms with Gasteiger partial charge in [-0.25, -0.2) is 9.59 Å². The highest BCUT2D eigenvalue weighted by molar-refractivity contribution is 5.99. The van der Waals surface area contributed by atoms with Crippen LogP contribution in [-0.2, 0) is 19.9 Å². The fourth-order valence-corrected chi connectivity index (χ4v) is 7.84. The number of piperidine rings is 1. The van der Waals surface area contributed by atoms with Crippen molar-refractivity contribution in [3.63, 3.8) is 0 Å². The van der Waals surface area contributed by atoms with E-state index in [0.717, 1.165) is 37.7 Å². The quantitative estimate of drug-likeness (QED) is 0.0422. The molecule has 1 saturated heterocycles. The van der Waals surface area contributed by atoms with Gasteiger partial charge < -0.3 is 39.4 Å². The highest BCUT2D eigenvalue weighted by Crippen LogP contribution is 2.57. The van der Waals surface area contributed by atoms with E-state index < -0.39 is 17.7 Å². The summed E-state index contributed by atoms with van der Waals surface area (Å²) in [6.45, 7) is 7.67. The van der Waals surface area contributed by atoms with Crippen LogP contribution in [0.3, 0.4) is 0 Å². The van der Waals surface area contributed by atoms with Gasteiger partial charge in [0.05, 0.1) is 5.56 Å². The highest BCUT2D eigenvalue weighted by Gasteiger charge is 2.53. The maximum absolute atomic E-state index is 13.4. The number of aromatic hydroxyl groups is 2. The van der Waals surface area contributed by atoms with Gasteiger partial charge in [-0.3, -0.25) is 14.9 Å². The Labute approximate surface area is 347 Å². The first-order chi connectivity index (χ1) is 29.0. The van der Waals surface area contributed by atoms with Crippen LogP contribution in [-0.4, -0.2) is 71.8 Å². The van der Waals surface area contributed by atoms with Gasteiger partial charge in [0, 0.05) is 65.8 Å². The van der Waals surface area contributed by atoms with Crippen LogP contribution in [0.5, 0.6) is 28.7 Å². The number of esters is 1. The number of fused-ring (bicyclic) bond motifs is 6. The molecule has 4 aromatic carbocycles. The Bertz CT molecular complexity index is 2310. The summed E-state index contributed by atoms with van der Waals surface area (Å²) in [4.78, 5) is 53.3. The fraction of sp³-hybridized carbons (Fsp3) is 0.277. The molecule has 13 heteroatoms. The Kier molecular flexibility index (Phi) is 12.5. The number of rotatable bonds is 14. The number of allylic oxidation sites excluding steroid dienone is 4. The van der Waals surface area contributed by atoms with Gasteiger partial charge in [0.25, 0.3) is 5.91 Å². The first-order valence-electron chi connectivity index (χ1n) is 20.0. The molecule has 1 spiro atoms. The van der Waals surface area contributed by atoms with Crippen molar-refractivity contribution in [3.05, 3.63) is 143 Å². The van der Waals surface area contributed by atoms with Crippen LogP contribution in [0, 0.1) is 5.92 Å². The predicted octanol–water partition coefficient (Wildman–Crippen LogP) is 8.12. The number of phenolic OH excluding ortho intramolecular Hbond substituents is 2. The van der Waals surface area contributed by atoms with Gasteiger partial charge in [0.15, 0.2) is 5.60 Å². The van der Waals surface area contributed by atoms with E-state index in [0.29, 0.717) is 59.2 Å². The number of nitrogens with one attached hydrogen (secondary N) is 2. The topological polar surface area (TPSA) is 173 Å². The van der Waals surface area contributed by atoms with Crippen molar-refractivity contribution in [2.75, 3.05) is 38.2 Å². The smallest absolute Gasteiger partial charge is 0.411 e. The Balaban J connectivity index is 0.854. The maximum atomic E-state index is 13.4. The molecule has 4 N–H and O–H groups in total. The Morgan fingerprint density at radius 2 is 1.60 bits per heavy atom. The number of likely N-dealkylation sites (tertiary alicyclic amines) is 1. The number of carbonyl (C=O) groups is 4. The Morgan fingerprint density at radius 3 is 2.32 bits per heavy atom. The average Bonchev–Trinajstić information content (AvgIpc) is 3.52. The lowest BCUT2D eigenvalue weighted by molar-refractivity contribution is -0.116. The van der Waals surface area contributed by atoms with Crippen molar-refractivity contribution >= 4 is 29.6 Å². The van der Waals surface area contributed by atoms with Gasteiger partial charge >= 0.3 is 12.1 Å². The van der Waals surface area contributed by atoms with Gasteiger partial charge in [-0.2, -0.15) is 0 Å². The van der Waals surface area contributed by atoms with Crippen LogP contribution in [0.2, 0.25) is 0 Å². The van der Waals surface area contributed by atoms with Crippen molar-refractivity contribution in [3.8, 4) is 28.7 Å². The second-order valence-corrected chi connectivity index (χ2v) is 14.9. The second kappa shape index (κ2) is 18.3. The zero-order valence-electron chi connectivity index (χ0n) is 33.3. The molecular weight excluding hydrogens is 767 g/mol. The number of unbranched alkanes of at least 4 members (excludes halogenated alkanes) is 1. The summed E-state index contributed by atoms with van der Waals surface area (Å²) in [5.41, 5.74) is 1.85. The molecule has 3 amide bonds. The SMILES string of the molecule is C=C(/C=C\C)/C=C/C(=O)NCCCCC1CCN(C(=O)c2cccc(OCCOC(=O)Nc3ccc4c(c3)C(=O)OC43c4ccc(O)cc4Oc4cc(O)ccc43)c2)CC1. The second-order valence-electron chi connectivity index (χ2n) is 14.9. The van der Waals surface area contributed by atoms with Crippen molar-refractivity contribution in [2.24, 2.45) is 5.92 Å². The Hall–Kier alpha value is -7.02. The normalized spacial score (nSPS) is 15.2. The van der Waals surface area contributed by atoms with Crippen LogP contribution in [0.15, 0.2) is 115 Å². The number of ether oxygens (including phenoxy) is 4. The standard InChI is InChI=1S/C47H47N3O10/c1-3-7-30(2)11-18-43(53)48-21-5-4-8-31-19-22-50(23-20-31)44(54)32-9-6-10-36(26-32)57-24-25-58-46(56)49-33-12-15-38-37(27-33)45(55)60-47(38)39-16-13-34(51)28-41(39)59-42-29-35(52)14-17-40(42)47/h3,6-7,9-18,26-29,31,51-52H,2,4-5,8,19-25H2,1H3,(H,48,53)(H,49,56)/b7-3-,18-11+. The number of hydrogen-bond donors (Lipinski definition) is 4. The zero-order chi connectivity index (χ0) is 42.2. The number of phenols is 2. The van der Waals surface area contributed by atoms with E-state index in [-0.39, 0.29) is 53.6 Å². The number of benzene rings is 4. The molecule has 310 valence electrons. The van der Waals surface area contributed by atoms with E-state index in [9.17, 15) is 29.4 Å². The molecule has 7 rings (SSSR count). The third kappa shape index (κ3) is 9.15. The lowest BCUT2D eigenvalue weighted by Crippen LogP contribution is -2.38. The van der Waals surface area contributed by atoms with E-state index in [1.807, 2.05) is 24.0 Å². The highest BCUT2D eigenvalue weighted by atomic mass is 16.6. The summed E-state index contributed by atoms with van der Waals surface area (Å²) in [5.74, 6) is 0.612. The number of amides is 3. The maximum Gasteiger partial charge on any atom is 0.411 e. The molecule has 0 radical (unpaired) electrons. The summed E-state index contributed by atoms with van der Waals surface area (Å²) in [5, 5.41) is 25.9. The number of nitrogens with zero attached hydrogens (tertiary/aromatic N) is 1. The fourth-order valence-electron chi connectivity index (χ4n) is 7.84. The van der Waals surface area contributed by atoms with E-state index in [4.69, 9.17) is 18.9 Å². The summed E-state index contributed by atoms with van der Waals surface area (Å²) in [7, 11) is 0. The van der Waals surface area contributed by atoms with E-state index in [1.54, 1.807) is 54.6 Å². The molecule has 3 heterocycles. The molecule has 3 aliphatic rings. The Morgan fingerprint density at radius 1 is 0.883 bits per heavy atom.